The monoisotopic (exact) mass is 416 g/mol. The normalized spacial score (nSPS) is 15.8. The second kappa shape index (κ2) is 9.65. The topological polar surface area (TPSA) is 67.9 Å². The van der Waals surface area contributed by atoms with Crippen LogP contribution in [0.4, 0.5) is 0 Å². The Morgan fingerprint density at radius 3 is 2.69 bits per heavy atom. The molecular weight excluding hydrogens is 392 g/mol. The Balaban J connectivity index is 1.57. The number of amides is 2. The lowest BCUT2D eigenvalue weighted by atomic mass is 10.1. The summed E-state index contributed by atoms with van der Waals surface area (Å²) < 4.78 is 10.9. The quantitative estimate of drug-likeness (QED) is 0.702. The minimum absolute atomic E-state index is 0.177. The Kier molecular flexibility index (Phi) is 6.99. The molecule has 0 spiro atoms. The van der Waals surface area contributed by atoms with E-state index < -0.39 is 6.04 Å². The average Bonchev–Trinajstić information content (AvgIpc) is 3.22. The van der Waals surface area contributed by atoms with Crippen molar-refractivity contribution in [1.29, 1.82) is 0 Å². The van der Waals surface area contributed by atoms with E-state index in [2.05, 4.69) is 5.32 Å². The van der Waals surface area contributed by atoms with Crippen molar-refractivity contribution in [2.75, 3.05) is 26.8 Å². The summed E-state index contributed by atoms with van der Waals surface area (Å²) in [5.74, 6) is 0.773. The Morgan fingerprint density at radius 2 is 1.97 bits per heavy atom. The van der Waals surface area contributed by atoms with Crippen LogP contribution >= 0.6 is 11.6 Å². The number of nitrogens with one attached hydrogen (secondary N) is 1. The lowest BCUT2D eigenvalue weighted by Crippen LogP contribution is -2.46. The third-order valence-corrected chi connectivity index (χ3v) is 5.13. The van der Waals surface area contributed by atoms with E-state index in [4.69, 9.17) is 21.1 Å². The molecule has 1 saturated heterocycles. The van der Waals surface area contributed by atoms with E-state index in [1.54, 1.807) is 23.1 Å². The molecule has 154 valence electrons. The van der Waals surface area contributed by atoms with E-state index in [0.29, 0.717) is 42.5 Å². The number of ether oxygens (including phenoxy) is 2. The van der Waals surface area contributed by atoms with Gasteiger partial charge in [0.1, 0.15) is 24.1 Å². The van der Waals surface area contributed by atoms with Crippen molar-refractivity contribution >= 4 is 23.4 Å². The summed E-state index contributed by atoms with van der Waals surface area (Å²) >= 11 is 6.05. The van der Waals surface area contributed by atoms with Gasteiger partial charge >= 0.3 is 0 Å². The summed E-state index contributed by atoms with van der Waals surface area (Å²) in [6.45, 7) is 3.26. The zero-order valence-corrected chi connectivity index (χ0v) is 17.4. The third-order valence-electron chi connectivity index (χ3n) is 4.90. The first-order valence-corrected chi connectivity index (χ1v) is 9.99. The van der Waals surface area contributed by atoms with E-state index in [-0.39, 0.29) is 11.8 Å². The molecular formula is C22H25ClN2O4. The van der Waals surface area contributed by atoms with Crippen LogP contribution in [-0.4, -0.2) is 49.6 Å². The first-order valence-electron chi connectivity index (χ1n) is 9.61. The van der Waals surface area contributed by atoms with Crippen molar-refractivity contribution in [2.24, 2.45) is 0 Å². The molecule has 0 radical (unpaired) electrons. The molecule has 0 bridgehead atoms. The highest BCUT2D eigenvalue weighted by atomic mass is 35.5. The second-order valence-corrected chi connectivity index (χ2v) is 7.39. The number of rotatable bonds is 7. The molecule has 1 fully saturated rings. The maximum absolute atomic E-state index is 13.0. The summed E-state index contributed by atoms with van der Waals surface area (Å²) in [7, 11) is 1.50. The van der Waals surface area contributed by atoms with Crippen LogP contribution in [0.15, 0.2) is 42.5 Å². The van der Waals surface area contributed by atoms with E-state index in [0.717, 1.165) is 17.7 Å². The van der Waals surface area contributed by atoms with Gasteiger partial charge in [-0.1, -0.05) is 29.3 Å². The molecule has 0 aliphatic carbocycles. The minimum atomic E-state index is -0.509. The molecule has 2 amide bonds. The van der Waals surface area contributed by atoms with Crippen molar-refractivity contribution in [1.82, 2.24) is 10.2 Å². The SMILES string of the molecule is COc1ccc(Cl)cc1C(=O)N1CCCC1C(=O)NCCOc1ccc(C)cc1. The zero-order valence-electron chi connectivity index (χ0n) is 16.6. The fourth-order valence-corrected chi connectivity index (χ4v) is 3.55. The van der Waals surface area contributed by atoms with Gasteiger partial charge in [0.15, 0.2) is 0 Å². The average molecular weight is 417 g/mol. The molecule has 1 aliphatic rings. The zero-order chi connectivity index (χ0) is 20.8. The molecule has 1 heterocycles. The van der Waals surface area contributed by atoms with Crippen LogP contribution in [0.1, 0.15) is 28.8 Å². The number of halogens is 1. The number of carbonyl (C=O) groups excluding carboxylic acids is 2. The number of benzene rings is 2. The molecule has 1 N–H and O–H groups in total. The van der Waals surface area contributed by atoms with Crippen LogP contribution in [-0.2, 0) is 4.79 Å². The summed E-state index contributed by atoms with van der Waals surface area (Å²) in [4.78, 5) is 27.3. The van der Waals surface area contributed by atoms with Gasteiger partial charge in [0.25, 0.3) is 5.91 Å². The van der Waals surface area contributed by atoms with Gasteiger partial charge in [-0.2, -0.15) is 0 Å². The Bertz CT molecular complexity index is 870. The summed E-state index contributed by atoms with van der Waals surface area (Å²) in [6, 6.07) is 12.1. The van der Waals surface area contributed by atoms with Crippen LogP contribution < -0.4 is 14.8 Å². The van der Waals surface area contributed by atoms with Gasteiger partial charge in [-0.05, 0) is 50.1 Å². The fraction of sp³-hybridized carbons (Fsp3) is 0.364. The highest BCUT2D eigenvalue weighted by Gasteiger charge is 2.35. The fourth-order valence-electron chi connectivity index (χ4n) is 3.38. The molecule has 1 unspecified atom stereocenters. The van der Waals surface area contributed by atoms with E-state index in [1.165, 1.54) is 7.11 Å². The summed E-state index contributed by atoms with van der Waals surface area (Å²) in [5.41, 5.74) is 1.52. The molecule has 1 aliphatic heterocycles. The summed E-state index contributed by atoms with van der Waals surface area (Å²) in [5, 5.41) is 3.31. The maximum Gasteiger partial charge on any atom is 0.258 e. The van der Waals surface area contributed by atoms with Crippen molar-refractivity contribution in [2.45, 2.75) is 25.8 Å². The molecule has 3 rings (SSSR count). The number of carbonyl (C=O) groups is 2. The van der Waals surface area contributed by atoms with E-state index >= 15 is 0 Å². The van der Waals surface area contributed by atoms with Gasteiger partial charge in [-0.3, -0.25) is 9.59 Å². The number of methoxy groups -OCH3 is 1. The number of hydrogen-bond donors (Lipinski definition) is 1. The molecule has 6 nitrogen and oxygen atoms in total. The van der Waals surface area contributed by atoms with Crippen molar-refractivity contribution in [3.05, 3.63) is 58.6 Å². The first kappa shape index (κ1) is 21.0. The van der Waals surface area contributed by atoms with Gasteiger partial charge in [0.05, 0.1) is 19.2 Å². The minimum Gasteiger partial charge on any atom is -0.496 e. The van der Waals surface area contributed by atoms with Crippen LogP contribution in [0.5, 0.6) is 11.5 Å². The van der Waals surface area contributed by atoms with Crippen molar-refractivity contribution in [3.63, 3.8) is 0 Å². The van der Waals surface area contributed by atoms with E-state index in [9.17, 15) is 9.59 Å². The number of likely N-dealkylation sites (tertiary alicyclic amines) is 1. The molecule has 2 aromatic carbocycles. The smallest absolute Gasteiger partial charge is 0.258 e. The first-order chi connectivity index (χ1) is 14.0. The van der Waals surface area contributed by atoms with Gasteiger partial charge in [-0.15, -0.1) is 0 Å². The van der Waals surface area contributed by atoms with Crippen molar-refractivity contribution in [3.8, 4) is 11.5 Å². The lowest BCUT2D eigenvalue weighted by Gasteiger charge is -2.25. The second-order valence-electron chi connectivity index (χ2n) is 6.95. The predicted octanol–water partition coefficient (Wildman–Crippen LogP) is 3.46. The molecule has 0 aromatic heterocycles. The van der Waals surface area contributed by atoms with Gasteiger partial charge in [-0.25, -0.2) is 0 Å². The van der Waals surface area contributed by atoms with Gasteiger partial charge in [0, 0.05) is 11.6 Å². The Labute approximate surface area is 175 Å². The maximum atomic E-state index is 13.0. The highest BCUT2D eigenvalue weighted by Crippen LogP contribution is 2.27. The molecule has 0 saturated carbocycles. The Hall–Kier alpha value is -2.73. The standard InChI is InChI=1S/C22H25ClN2O4/c1-15-5-8-17(9-6-15)29-13-11-24-21(26)19-4-3-12-25(19)22(27)18-14-16(23)7-10-20(18)28-2/h5-10,14,19H,3-4,11-13H2,1-2H3,(H,24,26). The number of hydrogen-bond acceptors (Lipinski definition) is 4. The number of nitrogens with zero attached hydrogens (tertiary/aromatic N) is 1. The van der Waals surface area contributed by atoms with Crippen LogP contribution in [0.25, 0.3) is 0 Å². The van der Waals surface area contributed by atoms with Crippen molar-refractivity contribution < 1.29 is 19.1 Å². The van der Waals surface area contributed by atoms with Crippen LogP contribution in [0.3, 0.4) is 0 Å². The number of aryl methyl sites for hydroxylation is 1. The molecule has 1 atom stereocenters. The molecule has 7 heteroatoms. The van der Waals surface area contributed by atoms with Crippen LogP contribution in [0, 0.1) is 6.92 Å². The largest absolute Gasteiger partial charge is 0.496 e. The van der Waals surface area contributed by atoms with E-state index in [1.807, 2.05) is 31.2 Å². The van der Waals surface area contributed by atoms with Crippen LogP contribution in [0.2, 0.25) is 5.02 Å². The predicted molar refractivity (Wildman–Crippen MR) is 112 cm³/mol. The highest BCUT2D eigenvalue weighted by molar-refractivity contribution is 6.31. The van der Waals surface area contributed by atoms with Gasteiger partial charge < -0.3 is 19.7 Å². The van der Waals surface area contributed by atoms with Gasteiger partial charge in [0.2, 0.25) is 5.91 Å². The summed E-state index contributed by atoms with van der Waals surface area (Å²) in [6.07, 6.45) is 1.39. The Morgan fingerprint density at radius 1 is 1.21 bits per heavy atom. The molecule has 29 heavy (non-hydrogen) atoms. The molecule has 2 aromatic rings. The lowest BCUT2D eigenvalue weighted by molar-refractivity contribution is -0.124. The third kappa shape index (κ3) is 5.21.